The summed E-state index contributed by atoms with van der Waals surface area (Å²) in [5.74, 6) is -1.45. The Bertz CT molecular complexity index is 282. The molecular weight excluding hydrogens is 230 g/mol. The Hall–Kier alpha value is -1.83. The van der Waals surface area contributed by atoms with E-state index in [9.17, 15) is 14.4 Å². The minimum atomic E-state index is -1.22. The van der Waals surface area contributed by atoms with Crippen molar-refractivity contribution < 1.29 is 24.6 Å². The summed E-state index contributed by atoms with van der Waals surface area (Å²) in [7, 11) is 1.48. The first kappa shape index (κ1) is 15.2. The topological polar surface area (TPSA) is 128 Å². The zero-order valence-corrected chi connectivity index (χ0v) is 9.52. The highest BCUT2D eigenvalue weighted by Crippen LogP contribution is 1.91. The van der Waals surface area contributed by atoms with E-state index < -0.39 is 18.0 Å². The lowest BCUT2D eigenvalue weighted by molar-refractivity contribution is -0.139. The molecule has 1 atom stereocenters. The first-order chi connectivity index (χ1) is 8.01. The highest BCUT2D eigenvalue weighted by Gasteiger charge is 2.18. The molecule has 0 rings (SSSR count). The molecule has 98 valence electrons. The van der Waals surface area contributed by atoms with Crippen molar-refractivity contribution in [1.82, 2.24) is 16.0 Å². The van der Waals surface area contributed by atoms with E-state index in [0.717, 1.165) is 0 Å². The van der Waals surface area contributed by atoms with E-state index in [1.54, 1.807) is 0 Å². The maximum absolute atomic E-state index is 11.2. The van der Waals surface area contributed by atoms with Crippen LogP contribution in [0, 0.1) is 0 Å². The van der Waals surface area contributed by atoms with Gasteiger partial charge in [0.05, 0.1) is 0 Å². The van der Waals surface area contributed by atoms with Crippen LogP contribution in [0.4, 0.5) is 4.79 Å². The number of rotatable bonds is 7. The number of carbonyl (C=O) groups is 3. The van der Waals surface area contributed by atoms with Crippen LogP contribution in [0.5, 0.6) is 0 Å². The summed E-state index contributed by atoms with van der Waals surface area (Å²) in [5, 5.41) is 24.2. The highest BCUT2D eigenvalue weighted by molar-refractivity contribution is 5.83. The second-order valence-corrected chi connectivity index (χ2v) is 3.23. The molecule has 0 aliphatic rings. The molecule has 0 aromatic rings. The number of nitrogens with one attached hydrogen (secondary N) is 3. The largest absolute Gasteiger partial charge is 0.480 e. The molecule has 3 amide bonds. The van der Waals surface area contributed by atoms with Crippen LogP contribution >= 0.6 is 0 Å². The highest BCUT2D eigenvalue weighted by atomic mass is 16.4. The molecule has 8 heteroatoms. The fourth-order valence-corrected chi connectivity index (χ4v) is 1.01. The number of aliphatic hydroxyl groups excluding tert-OH is 1. The molecule has 0 saturated heterocycles. The summed E-state index contributed by atoms with van der Waals surface area (Å²) in [5.41, 5.74) is 0. The third-order valence-electron chi connectivity index (χ3n) is 1.94. The summed E-state index contributed by atoms with van der Waals surface area (Å²) in [6, 6.07) is -1.82. The molecule has 0 radical (unpaired) electrons. The van der Waals surface area contributed by atoms with Gasteiger partial charge in [-0.25, -0.2) is 9.59 Å². The standard InChI is InChI=1S/C9H17N3O5/c1-10-7(14)2-4-11-9(17)12-6(3-5-13)8(15)16/h6,13H,2-5H2,1H3,(H,10,14)(H,15,16)(H2,11,12,17)/t6-/m1/s1. The molecule has 0 saturated carbocycles. The van der Waals surface area contributed by atoms with E-state index in [1.807, 2.05) is 0 Å². The van der Waals surface area contributed by atoms with Crippen LogP contribution in [-0.2, 0) is 9.59 Å². The number of carbonyl (C=O) groups excluding carboxylic acids is 2. The zero-order chi connectivity index (χ0) is 13.3. The normalized spacial score (nSPS) is 11.4. The van der Waals surface area contributed by atoms with E-state index in [0.29, 0.717) is 0 Å². The first-order valence-electron chi connectivity index (χ1n) is 5.09. The number of carboxylic acids is 1. The first-order valence-corrected chi connectivity index (χ1v) is 5.09. The quantitative estimate of drug-likeness (QED) is 0.365. The molecule has 8 nitrogen and oxygen atoms in total. The summed E-state index contributed by atoms with van der Waals surface area (Å²) in [6.07, 6.45) is 0.0415. The van der Waals surface area contributed by atoms with Crippen LogP contribution in [0.25, 0.3) is 0 Å². The predicted molar refractivity (Wildman–Crippen MR) is 58.3 cm³/mol. The number of urea groups is 1. The number of aliphatic carboxylic acids is 1. The van der Waals surface area contributed by atoms with Gasteiger partial charge < -0.3 is 26.2 Å². The van der Waals surface area contributed by atoms with Crippen molar-refractivity contribution in [2.24, 2.45) is 0 Å². The molecule has 0 aromatic heterocycles. The summed E-state index contributed by atoms with van der Waals surface area (Å²) in [4.78, 5) is 32.7. The number of hydrogen-bond acceptors (Lipinski definition) is 4. The average molecular weight is 247 g/mol. The van der Waals surface area contributed by atoms with Gasteiger partial charge in [0.1, 0.15) is 6.04 Å². The monoisotopic (exact) mass is 247 g/mol. The van der Waals surface area contributed by atoms with Gasteiger partial charge in [-0.15, -0.1) is 0 Å². The van der Waals surface area contributed by atoms with Crippen molar-refractivity contribution in [3.8, 4) is 0 Å². The third-order valence-corrected chi connectivity index (χ3v) is 1.94. The van der Waals surface area contributed by atoms with Gasteiger partial charge >= 0.3 is 12.0 Å². The Morgan fingerprint density at radius 3 is 2.41 bits per heavy atom. The van der Waals surface area contributed by atoms with E-state index in [1.165, 1.54) is 7.05 Å². The Morgan fingerprint density at radius 1 is 1.29 bits per heavy atom. The maximum atomic E-state index is 11.2. The van der Waals surface area contributed by atoms with Gasteiger partial charge in [-0.2, -0.15) is 0 Å². The Kier molecular flexibility index (Phi) is 7.44. The predicted octanol–water partition coefficient (Wildman–Crippen LogP) is -1.74. The number of hydrogen-bond donors (Lipinski definition) is 5. The van der Waals surface area contributed by atoms with Crippen LogP contribution in [0.15, 0.2) is 0 Å². The number of carboxylic acid groups (broad SMARTS) is 1. The Morgan fingerprint density at radius 2 is 1.94 bits per heavy atom. The van der Waals surface area contributed by atoms with E-state index in [4.69, 9.17) is 10.2 Å². The maximum Gasteiger partial charge on any atom is 0.326 e. The van der Waals surface area contributed by atoms with Crippen molar-refractivity contribution >= 4 is 17.9 Å². The van der Waals surface area contributed by atoms with Crippen LogP contribution in [0.3, 0.4) is 0 Å². The Labute approximate surface area is 98.4 Å². The summed E-state index contributed by atoms with van der Waals surface area (Å²) in [6.45, 7) is -0.230. The van der Waals surface area contributed by atoms with E-state index in [-0.39, 0.29) is 31.9 Å². The zero-order valence-electron chi connectivity index (χ0n) is 9.52. The average Bonchev–Trinajstić information content (AvgIpc) is 2.28. The molecule has 0 aliphatic heterocycles. The molecule has 17 heavy (non-hydrogen) atoms. The van der Waals surface area contributed by atoms with Crippen molar-refractivity contribution in [3.63, 3.8) is 0 Å². The van der Waals surface area contributed by atoms with E-state index >= 15 is 0 Å². The van der Waals surface area contributed by atoms with Crippen molar-refractivity contribution in [2.75, 3.05) is 20.2 Å². The molecule has 0 bridgehead atoms. The fraction of sp³-hybridized carbons (Fsp3) is 0.667. The van der Waals surface area contributed by atoms with Crippen molar-refractivity contribution in [3.05, 3.63) is 0 Å². The van der Waals surface area contributed by atoms with Crippen LogP contribution in [0.2, 0.25) is 0 Å². The van der Waals surface area contributed by atoms with Crippen LogP contribution in [0.1, 0.15) is 12.8 Å². The second kappa shape index (κ2) is 8.34. The second-order valence-electron chi connectivity index (χ2n) is 3.23. The SMILES string of the molecule is CNC(=O)CCNC(=O)N[C@H](CCO)C(=O)O. The van der Waals surface area contributed by atoms with Gasteiger partial charge in [0.15, 0.2) is 0 Å². The van der Waals surface area contributed by atoms with Crippen LogP contribution < -0.4 is 16.0 Å². The molecular formula is C9H17N3O5. The summed E-state index contributed by atoms with van der Waals surface area (Å²) < 4.78 is 0. The number of aliphatic hydroxyl groups is 1. The van der Waals surface area contributed by atoms with Crippen LogP contribution in [-0.4, -0.2) is 54.4 Å². The van der Waals surface area contributed by atoms with Gasteiger partial charge in [0.2, 0.25) is 5.91 Å². The van der Waals surface area contributed by atoms with Gasteiger partial charge in [-0.05, 0) is 0 Å². The van der Waals surface area contributed by atoms with Gasteiger partial charge in [0, 0.05) is 33.0 Å². The summed E-state index contributed by atoms with van der Waals surface area (Å²) >= 11 is 0. The molecule has 0 heterocycles. The lowest BCUT2D eigenvalue weighted by atomic mass is 10.2. The Balaban J connectivity index is 3.90. The minimum Gasteiger partial charge on any atom is -0.480 e. The fourth-order valence-electron chi connectivity index (χ4n) is 1.01. The van der Waals surface area contributed by atoms with Gasteiger partial charge in [-0.3, -0.25) is 4.79 Å². The van der Waals surface area contributed by atoms with Gasteiger partial charge in [0.25, 0.3) is 0 Å². The molecule has 0 unspecified atom stereocenters. The third kappa shape index (κ3) is 7.12. The minimum absolute atomic E-state index is 0.0712. The van der Waals surface area contributed by atoms with E-state index in [2.05, 4.69) is 16.0 Å². The smallest absolute Gasteiger partial charge is 0.326 e. The molecule has 0 aromatic carbocycles. The molecule has 0 spiro atoms. The van der Waals surface area contributed by atoms with Gasteiger partial charge in [-0.1, -0.05) is 0 Å². The lowest BCUT2D eigenvalue weighted by Gasteiger charge is -2.13. The molecule has 5 N–H and O–H groups in total. The number of amides is 3. The molecule has 0 aliphatic carbocycles. The molecule has 0 fully saturated rings. The lowest BCUT2D eigenvalue weighted by Crippen LogP contribution is -2.47. The van der Waals surface area contributed by atoms with Crippen molar-refractivity contribution in [1.29, 1.82) is 0 Å². The van der Waals surface area contributed by atoms with Crippen molar-refractivity contribution in [2.45, 2.75) is 18.9 Å².